The van der Waals surface area contributed by atoms with E-state index < -0.39 is 0 Å². The fourth-order valence-electron chi connectivity index (χ4n) is 3.88. The predicted octanol–water partition coefficient (Wildman–Crippen LogP) is 10.6. The zero-order valence-corrected chi connectivity index (χ0v) is 23.0. The molecule has 0 bridgehead atoms. The van der Waals surface area contributed by atoms with E-state index in [9.17, 15) is 0 Å². The molecule has 3 rings (SSSR count). The summed E-state index contributed by atoms with van der Waals surface area (Å²) in [6.07, 6.45) is 20.3. The maximum Gasteiger partial charge on any atom is 0.0379 e. The van der Waals surface area contributed by atoms with Crippen molar-refractivity contribution in [2.75, 3.05) is 5.32 Å². The summed E-state index contributed by atoms with van der Waals surface area (Å²) in [7, 11) is 0. The average molecular weight is 508 g/mol. The zero-order valence-electron chi connectivity index (χ0n) is 23.0. The van der Waals surface area contributed by atoms with Crippen LogP contribution in [-0.2, 0) is 0 Å². The summed E-state index contributed by atoms with van der Waals surface area (Å²) >= 11 is 0. The van der Waals surface area contributed by atoms with E-state index in [1.807, 2.05) is 73.8 Å². The van der Waals surface area contributed by atoms with Crippen LogP contribution < -0.4 is 5.32 Å². The lowest BCUT2D eigenvalue weighted by Gasteiger charge is -2.09. The molecule has 0 aliphatic carbocycles. The number of hydrogen-bond acceptors (Lipinski definition) is 1. The highest BCUT2D eigenvalue weighted by Crippen LogP contribution is 2.25. The van der Waals surface area contributed by atoms with E-state index in [1.165, 1.54) is 5.56 Å². The maximum absolute atomic E-state index is 4.32. The number of para-hydroxylation sites is 1. The van der Waals surface area contributed by atoms with Gasteiger partial charge in [0, 0.05) is 11.9 Å². The monoisotopic (exact) mass is 507 g/mol. The summed E-state index contributed by atoms with van der Waals surface area (Å²) in [5.74, 6) is 0. The van der Waals surface area contributed by atoms with Crippen LogP contribution in [-0.4, -0.2) is 0 Å². The lowest BCUT2D eigenvalue weighted by Crippen LogP contribution is -1.88. The third kappa shape index (κ3) is 9.18. The Bertz CT molecular complexity index is 1460. The smallest absolute Gasteiger partial charge is 0.0379 e. The van der Waals surface area contributed by atoms with Gasteiger partial charge in [-0.25, -0.2) is 0 Å². The first-order valence-electron chi connectivity index (χ1n) is 13.1. The minimum Gasteiger partial charge on any atom is -0.362 e. The van der Waals surface area contributed by atoms with Gasteiger partial charge in [-0.3, -0.25) is 0 Å². The van der Waals surface area contributed by atoms with Crippen molar-refractivity contribution in [2.45, 2.75) is 13.8 Å². The summed E-state index contributed by atoms with van der Waals surface area (Å²) < 4.78 is 0. The molecule has 0 radical (unpaired) electrons. The van der Waals surface area contributed by atoms with Crippen LogP contribution in [0.4, 0.5) is 5.69 Å². The molecule has 0 fully saturated rings. The number of nitrogens with one attached hydrogen (secondary N) is 1. The van der Waals surface area contributed by atoms with Crippen LogP contribution in [0.15, 0.2) is 177 Å². The second-order valence-corrected chi connectivity index (χ2v) is 8.93. The highest BCUT2D eigenvalue weighted by molar-refractivity contribution is 5.83. The molecule has 1 N–H and O–H groups in total. The van der Waals surface area contributed by atoms with Crippen molar-refractivity contribution in [3.8, 4) is 0 Å². The fraction of sp³-hybridized carbons (Fsp3) is 0.0526. The van der Waals surface area contributed by atoms with Gasteiger partial charge in [0.2, 0.25) is 0 Å². The number of benzene rings is 3. The van der Waals surface area contributed by atoms with Gasteiger partial charge in [0.05, 0.1) is 0 Å². The van der Waals surface area contributed by atoms with Gasteiger partial charge >= 0.3 is 0 Å². The molecule has 1 nitrogen and oxygen atoms in total. The topological polar surface area (TPSA) is 12.0 Å². The van der Waals surface area contributed by atoms with Gasteiger partial charge in [0.25, 0.3) is 0 Å². The Hall–Kier alpha value is -4.88. The van der Waals surface area contributed by atoms with E-state index in [-0.39, 0.29) is 0 Å². The molecule has 0 heterocycles. The van der Waals surface area contributed by atoms with Crippen molar-refractivity contribution in [1.82, 2.24) is 0 Å². The number of allylic oxidation sites excluding steroid dienone is 14. The van der Waals surface area contributed by atoms with Crippen molar-refractivity contribution >= 4 is 22.4 Å². The Morgan fingerprint density at radius 1 is 0.615 bits per heavy atom. The Balaban J connectivity index is 1.71. The molecule has 194 valence electrons. The van der Waals surface area contributed by atoms with E-state index in [0.717, 1.165) is 44.7 Å². The second-order valence-electron chi connectivity index (χ2n) is 8.93. The maximum atomic E-state index is 4.32. The van der Waals surface area contributed by atoms with Crippen molar-refractivity contribution in [3.05, 3.63) is 193 Å². The lowest BCUT2D eigenvalue weighted by atomic mass is 9.96. The molecule has 3 aromatic rings. The standard InChI is InChI=1S/C38H37N/c1-6-17-36(28-32(5)30(3)18-14-15-27-39-38-23-12-9-13-24-38)37-22-16-21-35(29-37)31(4)25-26-33(7-2)34-19-10-8-11-20-34/h6-29,39H,3-5H2,1-2H3/b17-6-,18-14-,26-25-,27-15-,33-7+,36-28+. The van der Waals surface area contributed by atoms with Crippen molar-refractivity contribution < 1.29 is 0 Å². The largest absolute Gasteiger partial charge is 0.362 e. The summed E-state index contributed by atoms with van der Waals surface area (Å²) in [5, 5.41) is 3.24. The van der Waals surface area contributed by atoms with Crippen LogP contribution in [0.2, 0.25) is 0 Å². The van der Waals surface area contributed by atoms with Crippen LogP contribution in [0.3, 0.4) is 0 Å². The normalized spacial score (nSPS) is 12.6. The minimum atomic E-state index is 0.852. The van der Waals surface area contributed by atoms with Gasteiger partial charge in [-0.15, -0.1) is 0 Å². The molecule has 0 aliphatic rings. The van der Waals surface area contributed by atoms with Crippen LogP contribution >= 0.6 is 0 Å². The Morgan fingerprint density at radius 3 is 1.97 bits per heavy atom. The first-order chi connectivity index (χ1) is 19.0. The van der Waals surface area contributed by atoms with Gasteiger partial charge in [-0.1, -0.05) is 129 Å². The molecule has 0 spiro atoms. The number of hydrogen-bond donors (Lipinski definition) is 1. The van der Waals surface area contributed by atoms with Gasteiger partial charge in [0.15, 0.2) is 0 Å². The Labute approximate surface area is 234 Å². The molecule has 0 unspecified atom stereocenters. The third-order valence-corrected chi connectivity index (χ3v) is 6.07. The van der Waals surface area contributed by atoms with Gasteiger partial charge in [-0.2, -0.15) is 0 Å². The van der Waals surface area contributed by atoms with Gasteiger partial charge < -0.3 is 5.32 Å². The molecular formula is C38H37N. The number of anilines is 1. The molecule has 39 heavy (non-hydrogen) atoms. The first kappa shape index (κ1) is 28.7. The average Bonchev–Trinajstić information content (AvgIpc) is 2.98. The number of rotatable bonds is 12. The van der Waals surface area contributed by atoms with Crippen LogP contribution in [0.25, 0.3) is 16.7 Å². The van der Waals surface area contributed by atoms with Crippen molar-refractivity contribution in [3.63, 3.8) is 0 Å². The third-order valence-electron chi connectivity index (χ3n) is 6.07. The van der Waals surface area contributed by atoms with Crippen molar-refractivity contribution in [1.29, 1.82) is 0 Å². The highest BCUT2D eigenvalue weighted by atomic mass is 14.8. The molecule has 1 heteroatoms. The molecule has 3 aromatic carbocycles. The van der Waals surface area contributed by atoms with Crippen LogP contribution in [0.1, 0.15) is 30.5 Å². The summed E-state index contributed by atoms with van der Waals surface area (Å²) in [6.45, 7) is 16.9. The fourth-order valence-corrected chi connectivity index (χ4v) is 3.88. The van der Waals surface area contributed by atoms with E-state index in [2.05, 4.69) is 111 Å². The first-order valence-corrected chi connectivity index (χ1v) is 13.1. The van der Waals surface area contributed by atoms with Crippen LogP contribution in [0, 0.1) is 0 Å². The molecule has 0 saturated heterocycles. The molecule has 0 aromatic heterocycles. The van der Waals surface area contributed by atoms with Gasteiger partial charge in [-0.05, 0) is 88.8 Å². The highest BCUT2D eigenvalue weighted by Gasteiger charge is 2.04. The summed E-state index contributed by atoms with van der Waals surface area (Å²) in [6, 6.07) is 28.8. The molecule has 0 atom stereocenters. The summed E-state index contributed by atoms with van der Waals surface area (Å²) in [4.78, 5) is 0. The molecule has 0 saturated carbocycles. The van der Waals surface area contributed by atoms with E-state index in [4.69, 9.17) is 0 Å². The Morgan fingerprint density at radius 2 is 1.28 bits per heavy atom. The van der Waals surface area contributed by atoms with Gasteiger partial charge in [0.1, 0.15) is 0 Å². The van der Waals surface area contributed by atoms with Crippen LogP contribution in [0.5, 0.6) is 0 Å². The second kappa shape index (κ2) is 15.4. The molecular weight excluding hydrogens is 470 g/mol. The molecule has 0 amide bonds. The van der Waals surface area contributed by atoms with E-state index >= 15 is 0 Å². The summed E-state index contributed by atoms with van der Waals surface area (Å²) in [5.41, 5.74) is 9.29. The Kier molecular flexibility index (Phi) is 11.3. The quantitative estimate of drug-likeness (QED) is 0.240. The SMILES string of the molecule is C=C(/C=C\C=C/Nc1ccccc1)C(=C)/C=C(\C=C/C)c1cccc(C(=C)/C=C\C(=C/C)c2ccccc2)c1. The molecule has 0 aliphatic heterocycles. The lowest BCUT2D eigenvalue weighted by molar-refractivity contribution is 1.53. The van der Waals surface area contributed by atoms with E-state index in [1.54, 1.807) is 0 Å². The predicted molar refractivity (Wildman–Crippen MR) is 174 cm³/mol. The zero-order chi connectivity index (χ0) is 27.9. The minimum absolute atomic E-state index is 0.852. The van der Waals surface area contributed by atoms with E-state index in [0.29, 0.717) is 0 Å². The van der Waals surface area contributed by atoms with Crippen molar-refractivity contribution in [2.24, 2.45) is 0 Å².